The quantitative estimate of drug-likeness (QED) is 0.780. The minimum atomic E-state index is 0.563. The lowest BCUT2D eigenvalue weighted by Crippen LogP contribution is -2.29. The molecule has 1 aliphatic rings. The van der Waals surface area contributed by atoms with Gasteiger partial charge in [-0.25, -0.2) is 4.98 Å². The smallest absolute Gasteiger partial charge is 0.166 e. The van der Waals surface area contributed by atoms with Crippen molar-refractivity contribution < 1.29 is 0 Å². The third-order valence-electron chi connectivity index (χ3n) is 4.43. The van der Waals surface area contributed by atoms with E-state index in [4.69, 9.17) is 4.98 Å². The number of fused-ring (bicyclic) bond motifs is 3. The normalized spacial score (nSPS) is 18.6. The van der Waals surface area contributed by atoms with Crippen LogP contribution in [0.25, 0.3) is 20.4 Å². The first-order chi connectivity index (χ1) is 10.6. The van der Waals surface area contributed by atoms with Gasteiger partial charge in [0.25, 0.3) is 0 Å². The maximum absolute atomic E-state index is 4.70. The number of thiophene rings is 1. The van der Waals surface area contributed by atoms with Crippen LogP contribution in [0.2, 0.25) is 0 Å². The third kappa shape index (κ3) is 2.18. The van der Waals surface area contributed by atoms with Gasteiger partial charge in [-0.1, -0.05) is 0 Å². The van der Waals surface area contributed by atoms with Gasteiger partial charge >= 0.3 is 0 Å². The summed E-state index contributed by atoms with van der Waals surface area (Å²) in [5.74, 6) is 0.992. The van der Waals surface area contributed by atoms with Crippen LogP contribution in [0.4, 0.5) is 5.82 Å². The molecule has 3 aromatic rings. The molecule has 1 unspecified atom stereocenters. The van der Waals surface area contributed by atoms with Crippen molar-refractivity contribution in [3.05, 3.63) is 17.3 Å². The summed E-state index contributed by atoms with van der Waals surface area (Å²) in [5.41, 5.74) is 3.56. The summed E-state index contributed by atoms with van der Waals surface area (Å²) >= 11 is 1.74. The van der Waals surface area contributed by atoms with Crippen LogP contribution in [-0.4, -0.2) is 33.9 Å². The van der Waals surface area contributed by atoms with Crippen LogP contribution in [0.5, 0.6) is 0 Å². The molecule has 0 spiro atoms. The zero-order chi connectivity index (χ0) is 15.3. The minimum absolute atomic E-state index is 0.563. The zero-order valence-electron chi connectivity index (χ0n) is 13.2. The topological polar surface area (TPSA) is 54.8 Å². The molecule has 1 fully saturated rings. The van der Waals surface area contributed by atoms with E-state index in [0.29, 0.717) is 6.04 Å². The number of aromatic nitrogens is 3. The second-order valence-corrected chi connectivity index (χ2v) is 7.19. The van der Waals surface area contributed by atoms with Crippen molar-refractivity contribution in [3.63, 3.8) is 0 Å². The molecule has 3 aromatic heterocycles. The highest BCUT2D eigenvalue weighted by Gasteiger charge is 2.19. The van der Waals surface area contributed by atoms with E-state index in [9.17, 15) is 0 Å². The molecule has 0 saturated carbocycles. The molecule has 4 rings (SSSR count). The molecule has 22 heavy (non-hydrogen) atoms. The monoisotopic (exact) mass is 315 g/mol. The minimum Gasteiger partial charge on any atom is -0.366 e. The summed E-state index contributed by atoms with van der Waals surface area (Å²) in [5, 5.41) is 13.0. The predicted molar refractivity (Wildman–Crippen MR) is 92.9 cm³/mol. The molecule has 1 atom stereocenters. The van der Waals surface area contributed by atoms with Crippen LogP contribution >= 0.6 is 11.3 Å². The number of nitrogens with zero attached hydrogens (tertiary/aromatic N) is 3. The molecule has 0 bridgehead atoms. The fourth-order valence-electron chi connectivity index (χ4n) is 3.40. The summed E-state index contributed by atoms with van der Waals surface area (Å²) in [6.07, 6.45) is 2.52. The number of aryl methyl sites for hydroxylation is 3. The summed E-state index contributed by atoms with van der Waals surface area (Å²) in [6, 6.07) is 2.71. The molecule has 4 heterocycles. The Balaban J connectivity index is 1.77. The van der Waals surface area contributed by atoms with Crippen molar-refractivity contribution in [2.24, 2.45) is 7.05 Å². The maximum atomic E-state index is 4.70. The van der Waals surface area contributed by atoms with Gasteiger partial charge in [0.05, 0.1) is 10.2 Å². The second-order valence-electron chi connectivity index (χ2n) is 6.19. The molecule has 1 aliphatic heterocycles. The Hall–Kier alpha value is -1.66. The molecule has 6 heteroatoms. The Kier molecular flexibility index (Phi) is 3.31. The Morgan fingerprint density at radius 2 is 2.32 bits per heavy atom. The molecule has 116 valence electrons. The van der Waals surface area contributed by atoms with E-state index in [2.05, 4.69) is 35.6 Å². The zero-order valence-corrected chi connectivity index (χ0v) is 14.0. The Morgan fingerprint density at radius 3 is 3.09 bits per heavy atom. The van der Waals surface area contributed by atoms with Gasteiger partial charge in [0.1, 0.15) is 4.83 Å². The van der Waals surface area contributed by atoms with E-state index in [-0.39, 0.29) is 0 Å². The maximum Gasteiger partial charge on any atom is 0.166 e. The molecule has 0 aliphatic carbocycles. The van der Waals surface area contributed by atoms with E-state index in [0.717, 1.165) is 29.4 Å². The largest absolute Gasteiger partial charge is 0.366 e. The average molecular weight is 315 g/mol. The first-order valence-electron chi connectivity index (χ1n) is 7.84. The van der Waals surface area contributed by atoms with Gasteiger partial charge in [0.15, 0.2) is 5.82 Å². The highest BCUT2D eigenvalue weighted by atomic mass is 32.1. The summed E-state index contributed by atoms with van der Waals surface area (Å²) in [4.78, 5) is 5.82. The molecular formula is C16H21N5S. The Labute approximate surface area is 133 Å². The summed E-state index contributed by atoms with van der Waals surface area (Å²) in [6.45, 7) is 6.28. The van der Waals surface area contributed by atoms with E-state index in [1.807, 2.05) is 11.7 Å². The molecule has 0 amide bonds. The number of nitrogens with one attached hydrogen (secondary N) is 2. The molecule has 5 nitrogen and oxygen atoms in total. The number of hydrogen-bond donors (Lipinski definition) is 2. The Bertz CT molecular complexity index is 841. The van der Waals surface area contributed by atoms with Crippen LogP contribution in [0.15, 0.2) is 6.07 Å². The Morgan fingerprint density at radius 1 is 1.45 bits per heavy atom. The molecule has 1 saturated heterocycles. The number of rotatable bonds is 3. The molecule has 2 N–H and O–H groups in total. The van der Waals surface area contributed by atoms with Crippen molar-refractivity contribution in [3.8, 4) is 0 Å². The fraction of sp³-hybridized carbons (Fsp3) is 0.500. The average Bonchev–Trinajstić information content (AvgIpc) is 3.14. The third-order valence-corrected chi connectivity index (χ3v) is 5.51. The highest BCUT2D eigenvalue weighted by Crippen LogP contribution is 2.38. The van der Waals surface area contributed by atoms with Gasteiger partial charge in [-0.15, -0.1) is 11.3 Å². The van der Waals surface area contributed by atoms with Crippen molar-refractivity contribution in [1.29, 1.82) is 0 Å². The van der Waals surface area contributed by atoms with E-state index in [1.54, 1.807) is 11.3 Å². The van der Waals surface area contributed by atoms with Gasteiger partial charge in [0, 0.05) is 30.7 Å². The van der Waals surface area contributed by atoms with Crippen LogP contribution in [0.3, 0.4) is 0 Å². The fourth-order valence-corrected chi connectivity index (χ4v) is 4.69. The van der Waals surface area contributed by atoms with Crippen LogP contribution in [-0.2, 0) is 7.05 Å². The lowest BCUT2D eigenvalue weighted by molar-refractivity contribution is 0.631. The number of hydrogen-bond acceptors (Lipinski definition) is 5. The standard InChI is InChI=1S/C16H21N5S/c1-9-7-10(2)19-16-12(9)13-14(22-16)15(20-21(13)3)18-8-11-5-4-6-17-11/h7,11,17H,4-6,8H2,1-3H3,(H,18,20). The molecule has 0 aromatic carbocycles. The van der Waals surface area contributed by atoms with Gasteiger partial charge in [0.2, 0.25) is 0 Å². The first-order valence-corrected chi connectivity index (χ1v) is 8.66. The van der Waals surface area contributed by atoms with Gasteiger partial charge in [-0.05, 0) is 44.9 Å². The van der Waals surface area contributed by atoms with Crippen LogP contribution in [0, 0.1) is 13.8 Å². The first kappa shape index (κ1) is 14.0. The van der Waals surface area contributed by atoms with Gasteiger partial charge < -0.3 is 10.6 Å². The number of anilines is 1. The van der Waals surface area contributed by atoms with Crippen molar-refractivity contribution in [1.82, 2.24) is 20.1 Å². The highest BCUT2D eigenvalue weighted by molar-refractivity contribution is 7.26. The van der Waals surface area contributed by atoms with Crippen LogP contribution in [0.1, 0.15) is 24.1 Å². The van der Waals surface area contributed by atoms with E-state index >= 15 is 0 Å². The molecule has 0 radical (unpaired) electrons. The van der Waals surface area contributed by atoms with E-state index in [1.165, 1.54) is 34.0 Å². The van der Waals surface area contributed by atoms with Crippen molar-refractivity contribution in [2.75, 3.05) is 18.4 Å². The van der Waals surface area contributed by atoms with Crippen molar-refractivity contribution in [2.45, 2.75) is 32.7 Å². The van der Waals surface area contributed by atoms with Crippen LogP contribution < -0.4 is 10.6 Å². The lowest BCUT2D eigenvalue weighted by Gasteiger charge is -2.10. The predicted octanol–water partition coefficient (Wildman–Crippen LogP) is 2.96. The van der Waals surface area contributed by atoms with Gasteiger partial charge in [-0.3, -0.25) is 4.68 Å². The summed E-state index contributed by atoms with van der Waals surface area (Å²) < 4.78 is 3.21. The van der Waals surface area contributed by atoms with Crippen molar-refractivity contribution >= 4 is 37.6 Å². The second kappa shape index (κ2) is 5.21. The lowest BCUT2D eigenvalue weighted by atomic mass is 10.1. The SMILES string of the molecule is Cc1cc(C)c2c(n1)sc1c(NCC3CCCN3)nn(C)c12. The summed E-state index contributed by atoms with van der Waals surface area (Å²) in [7, 11) is 2.02. The number of pyridine rings is 1. The van der Waals surface area contributed by atoms with E-state index < -0.39 is 0 Å². The van der Waals surface area contributed by atoms with Gasteiger partial charge in [-0.2, -0.15) is 5.10 Å². The molecular weight excluding hydrogens is 294 g/mol.